The lowest BCUT2D eigenvalue weighted by Gasteiger charge is -2.36. The molecule has 0 bridgehead atoms. The molecule has 21 heavy (non-hydrogen) atoms. The standard InChI is InChI=1S/C16H21ClFNO2/c1-2-21-15(20)9-10-4-3-5-14(19)16(10)11-6-7-13(18)12(17)8-11/h6-8,10,14,16H,2-5,9,19H2,1H3. The first kappa shape index (κ1) is 16.2. The molecule has 2 rings (SSSR count). The van der Waals surface area contributed by atoms with E-state index in [9.17, 15) is 9.18 Å². The third-order valence-corrected chi connectivity index (χ3v) is 4.43. The van der Waals surface area contributed by atoms with Gasteiger partial charge in [-0.2, -0.15) is 0 Å². The molecule has 1 fully saturated rings. The second kappa shape index (κ2) is 7.23. The zero-order chi connectivity index (χ0) is 15.4. The van der Waals surface area contributed by atoms with E-state index in [4.69, 9.17) is 22.1 Å². The molecule has 0 heterocycles. The van der Waals surface area contributed by atoms with Crippen molar-refractivity contribution in [2.75, 3.05) is 6.61 Å². The van der Waals surface area contributed by atoms with Gasteiger partial charge in [-0.3, -0.25) is 4.79 Å². The number of ether oxygens (including phenoxy) is 1. The van der Waals surface area contributed by atoms with E-state index in [-0.39, 0.29) is 28.9 Å². The third-order valence-electron chi connectivity index (χ3n) is 4.14. The molecular weight excluding hydrogens is 293 g/mol. The Morgan fingerprint density at radius 1 is 1.48 bits per heavy atom. The minimum Gasteiger partial charge on any atom is -0.466 e. The van der Waals surface area contributed by atoms with Crippen LogP contribution in [0.1, 0.15) is 44.1 Å². The van der Waals surface area contributed by atoms with Crippen LogP contribution in [0.2, 0.25) is 5.02 Å². The van der Waals surface area contributed by atoms with Crippen LogP contribution in [0.15, 0.2) is 18.2 Å². The average molecular weight is 314 g/mol. The molecule has 3 nitrogen and oxygen atoms in total. The lowest BCUT2D eigenvalue weighted by atomic mass is 9.71. The number of hydrogen-bond donors (Lipinski definition) is 1. The Morgan fingerprint density at radius 3 is 2.90 bits per heavy atom. The van der Waals surface area contributed by atoms with Crippen LogP contribution < -0.4 is 5.73 Å². The number of halogens is 2. The van der Waals surface area contributed by atoms with Gasteiger partial charge >= 0.3 is 5.97 Å². The molecule has 0 spiro atoms. The number of nitrogens with two attached hydrogens (primary N) is 1. The highest BCUT2D eigenvalue weighted by Gasteiger charge is 2.34. The topological polar surface area (TPSA) is 52.3 Å². The van der Waals surface area contributed by atoms with Crippen LogP contribution in [0.4, 0.5) is 4.39 Å². The van der Waals surface area contributed by atoms with Gasteiger partial charge in [0, 0.05) is 18.4 Å². The van der Waals surface area contributed by atoms with Gasteiger partial charge in [-0.1, -0.05) is 24.1 Å². The van der Waals surface area contributed by atoms with E-state index in [0.29, 0.717) is 13.0 Å². The summed E-state index contributed by atoms with van der Waals surface area (Å²) in [5.74, 6) is -0.503. The quantitative estimate of drug-likeness (QED) is 0.863. The van der Waals surface area contributed by atoms with E-state index in [1.165, 1.54) is 6.07 Å². The second-order valence-electron chi connectivity index (χ2n) is 5.56. The highest BCUT2D eigenvalue weighted by Crippen LogP contribution is 2.40. The van der Waals surface area contributed by atoms with Crippen LogP contribution >= 0.6 is 11.6 Å². The smallest absolute Gasteiger partial charge is 0.306 e. The Kier molecular flexibility index (Phi) is 5.59. The number of benzene rings is 1. The van der Waals surface area contributed by atoms with Crippen LogP contribution in [0, 0.1) is 11.7 Å². The van der Waals surface area contributed by atoms with Crippen LogP contribution in [0.3, 0.4) is 0 Å². The first-order valence-electron chi connectivity index (χ1n) is 7.39. The molecule has 0 radical (unpaired) electrons. The van der Waals surface area contributed by atoms with Gasteiger partial charge in [-0.15, -0.1) is 0 Å². The molecule has 3 atom stereocenters. The molecule has 116 valence electrons. The SMILES string of the molecule is CCOC(=O)CC1CCCC(N)C1c1ccc(F)c(Cl)c1. The van der Waals surface area contributed by atoms with Gasteiger partial charge in [0.2, 0.25) is 0 Å². The van der Waals surface area contributed by atoms with Gasteiger partial charge in [0.1, 0.15) is 5.82 Å². The summed E-state index contributed by atoms with van der Waals surface area (Å²) in [5, 5.41) is 0.0974. The Hall–Kier alpha value is -1.13. The Balaban J connectivity index is 2.21. The maximum atomic E-state index is 13.3. The van der Waals surface area contributed by atoms with Gasteiger partial charge < -0.3 is 10.5 Å². The summed E-state index contributed by atoms with van der Waals surface area (Å²) in [4.78, 5) is 11.8. The van der Waals surface area contributed by atoms with Gasteiger partial charge in [-0.05, 0) is 43.4 Å². The maximum absolute atomic E-state index is 13.3. The molecule has 5 heteroatoms. The van der Waals surface area contributed by atoms with Crippen LogP contribution in [0.25, 0.3) is 0 Å². The summed E-state index contributed by atoms with van der Waals surface area (Å²) in [6.45, 7) is 2.17. The minimum absolute atomic E-state index is 0.0151. The minimum atomic E-state index is -0.438. The monoisotopic (exact) mass is 313 g/mol. The highest BCUT2D eigenvalue weighted by molar-refractivity contribution is 6.30. The highest BCUT2D eigenvalue weighted by atomic mass is 35.5. The Morgan fingerprint density at radius 2 is 2.24 bits per heavy atom. The van der Waals surface area contributed by atoms with Crippen molar-refractivity contribution < 1.29 is 13.9 Å². The molecule has 0 aromatic heterocycles. The molecular formula is C16H21ClFNO2. The molecule has 1 aromatic carbocycles. The third kappa shape index (κ3) is 3.95. The molecule has 0 amide bonds. The van der Waals surface area contributed by atoms with Crippen molar-refractivity contribution in [1.29, 1.82) is 0 Å². The summed E-state index contributed by atoms with van der Waals surface area (Å²) in [6.07, 6.45) is 3.17. The largest absolute Gasteiger partial charge is 0.466 e. The lowest BCUT2D eigenvalue weighted by Crippen LogP contribution is -2.38. The summed E-state index contributed by atoms with van der Waals surface area (Å²) in [6, 6.07) is 4.67. The van der Waals surface area contributed by atoms with Crippen molar-refractivity contribution in [1.82, 2.24) is 0 Å². The summed E-state index contributed by atoms with van der Waals surface area (Å²) >= 11 is 5.88. The fourth-order valence-electron chi connectivity index (χ4n) is 3.23. The summed E-state index contributed by atoms with van der Waals surface area (Å²) in [5.41, 5.74) is 7.16. The van der Waals surface area contributed by atoms with Crippen molar-refractivity contribution in [3.8, 4) is 0 Å². The van der Waals surface area contributed by atoms with Crippen LogP contribution in [-0.4, -0.2) is 18.6 Å². The number of rotatable bonds is 4. The van der Waals surface area contributed by atoms with Gasteiger partial charge in [0.05, 0.1) is 11.6 Å². The maximum Gasteiger partial charge on any atom is 0.306 e. The van der Waals surface area contributed by atoms with E-state index in [2.05, 4.69) is 0 Å². The zero-order valence-electron chi connectivity index (χ0n) is 12.1. The van der Waals surface area contributed by atoms with E-state index in [1.54, 1.807) is 19.1 Å². The normalized spacial score (nSPS) is 25.6. The fourth-order valence-corrected chi connectivity index (χ4v) is 3.42. The Bertz CT molecular complexity index is 509. The predicted octanol–water partition coefficient (Wildman–Crippen LogP) is 3.64. The van der Waals surface area contributed by atoms with Crippen molar-refractivity contribution in [2.45, 2.75) is 44.6 Å². The summed E-state index contributed by atoms with van der Waals surface area (Å²) in [7, 11) is 0. The van der Waals surface area contributed by atoms with Crippen molar-refractivity contribution in [3.63, 3.8) is 0 Å². The molecule has 3 unspecified atom stereocenters. The molecule has 1 aliphatic rings. The predicted molar refractivity (Wildman–Crippen MR) is 80.7 cm³/mol. The van der Waals surface area contributed by atoms with E-state index >= 15 is 0 Å². The number of carbonyl (C=O) groups is 1. The number of carbonyl (C=O) groups excluding carboxylic acids is 1. The van der Waals surface area contributed by atoms with Crippen LogP contribution in [0.5, 0.6) is 0 Å². The first-order valence-corrected chi connectivity index (χ1v) is 7.76. The number of hydrogen-bond acceptors (Lipinski definition) is 3. The lowest BCUT2D eigenvalue weighted by molar-refractivity contribution is -0.144. The average Bonchev–Trinajstić information content (AvgIpc) is 2.43. The number of esters is 1. The van der Waals surface area contributed by atoms with Crippen molar-refractivity contribution in [3.05, 3.63) is 34.6 Å². The Labute approximate surface area is 129 Å². The summed E-state index contributed by atoms with van der Waals surface area (Å²) < 4.78 is 18.4. The van der Waals surface area contributed by atoms with E-state index in [1.807, 2.05) is 0 Å². The van der Waals surface area contributed by atoms with E-state index < -0.39 is 5.82 Å². The molecule has 0 saturated heterocycles. The molecule has 1 aliphatic carbocycles. The molecule has 1 saturated carbocycles. The fraction of sp³-hybridized carbons (Fsp3) is 0.562. The molecule has 1 aromatic rings. The molecule has 0 aliphatic heterocycles. The molecule has 2 N–H and O–H groups in total. The van der Waals surface area contributed by atoms with Gasteiger partial charge in [0.25, 0.3) is 0 Å². The zero-order valence-corrected chi connectivity index (χ0v) is 12.9. The first-order chi connectivity index (χ1) is 10.0. The van der Waals surface area contributed by atoms with Gasteiger partial charge in [0.15, 0.2) is 0 Å². The second-order valence-corrected chi connectivity index (χ2v) is 5.97. The van der Waals surface area contributed by atoms with E-state index in [0.717, 1.165) is 24.8 Å². The van der Waals surface area contributed by atoms with Crippen LogP contribution in [-0.2, 0) is 9.53 Å². The van der Waals surface area contributed by atoms with Crippen molar-refractivity contribution >= 4 is 17.6 Å². The van der Waals surface area contributed by atoms with Crippen molar-refractivity contribution in [2.24, 2.45) is 11.7 Å². The van der Waals surface area contributed by atoms with Gasteiger partial charge in [-0.25, -0.2) is 4.39 Å².